The lowest BCUT2D eigenvalue weighted by Crippen LogP contribution is -2.61. The normalized spacial score (nSPS) is 24.4. The Morgan fingerprint density at radius 2 is 1.84 bits per heavy atom. The number of amides is 2. The highest BCUT2D eigenvalue weighted by atomic mass is 16.6. The summed E-state index contributed by atoms with van der Waals surface area (Å²) in [5, 5.41) is 18.7. The molecule has 7 rings (SSSR count). The maximum atomic E-state index is 13.7. The minimum Gasteiger partial charge on any atom is -0.496 e. The van der Waals surface area contributed by atoms with Crippen molar-refractivity contribution in [3.8, 4) is 16.9 Å². The number of likely N-dealkylation sites (tertiary alicyclic amines) is 1. The Kier molecular flexibility index (Phi) is 10.8. The summed E-state index contributed by atoms with van der Waals surface area (Å²) in [5.41, 5.74) is 3.54. The van der Waals surface area contributed by atoms with Gasteiger partial charge >= 0.3 is 0 Å². The van der Waals surface area contributed by atoms with Crippen molar-refractivity contribution < 1.29 is 19.2 Å². The van der Waals surface area contributed by atoms with E-state index in [0.717, 1.165) is 36.9 Å². The maximum Gasteiger partial charge on any atom is 0.270 e. The Morgan fingerprint density at radius 3 is 2.51 bits per heavy atom. The molecule has 2 amide bonds. The van der Waals surface area contributed by atoms with Crippen LogP contribution in [0.3, 0.4) is 0 Å². The minimum absolute atomic E-state index is 0.104. The van der Waals surface area contributed by atoms with Gasteiger partial charge in [0.1, 0.15) is 5.75 Å². The van der Waals surface area contributed by atoms with Crippen molar-refractivity contribution in [1.82, 2.24) is 20.4 Å². The van der Waals surface area contributed by atoms with Crippen LogP contribution in [-0.4, -0.2) is 79.0 Å². The molecule has 4 fully saturated rings. The van der Waals surface area contributed by atoms with Gasteiger partial charge in [-0.3, -0.25) is 24.6 Å². The quantitative estimate of drug-likeness (QED) is 0.159. The van der Waals surface area contributed by atoms with E-state index in [-0.39, 0.29) is 41.2 Å². The van der Waals surface area contributed by atoms with E-state index in [1.54, 1.807) is 13.2 Å². The third-order valence-electron chi connectivity index (χ3n) is 12.0. The fourth-order valence-corrected chi connectivity index (χ4v) is 9.10. The minimum atomic E-state index is -0.469. The zero-order valence-electron chi connectivity index (χ0n) is 30.9. The topological polar surface area (TPSA) is 117 Å². The molecule has 2 N–H and O–H groups in total. The number of fused-ring (bicyclic) bond motifs is 2. The van der Waals surface area contributed by atoms with Gasteiger partial charge in [-0.1, -0.05) is 69.3 Å². The van der Waals surface area contributed by atoms with Crippen molar-refractivity contribution in [2.75, 3.05) is 34.3 Å². The third-order valence-corrected chi connectivity index (χ3v) is 12.0. The fraction of sp³-hybridized carbons (Fsp3) is 0.512. The molecule has 0 unspecified atom stereocenters. The van der Waals surface area contributed by atoms with Crippen molar-refractivity contribution in [3.63, 3.8) is 0 Å². The second-order valence-electron chi connectivity index (χ2n) is 15.8. The Morgan fingerprint density at radius 1 is 1.08 bits per heavy atom. The van der Waals surface area contributed by atoms with Crippen LogP contribution in [0.5, 0.6) is 5.75 Å². The van der Waals surface area contributed by atoms with Gasteiger partial charge in [0.15, 0.2) is 0 Å². The smallest absolute Gasteiger partial charge is 0.270 e. The lowest BCUT2D eigenvalue weighted by atomic mass is 9.45. The van der Waals surface area contributed by atoms with Crippen LogP contribution in [0.15, 0.2) is 66.7 Å². The summed E-state index contributed by atoms with van der Waals surface area (Å²) in [6, 6.07) is 20.0. The predicted octanol–water partition coefficient (Wildman–Crippen LogP) is 6.32. The molecule has 6 atom stereocenters. The first kappa shape index (κ1) is 36.5. The van der Waals surface area contributed by atoms with Crippen LogP contribution in [0.25, 0.3) is 11.1 Å². The molecule has 51 heavy (non-hydrogen) atoms. The van der Waals surface area contributed by atoms with Gasteiger partial charge in [0.2, 0.25) is 5.91 Å². The Hall–Kier alpha value is -4.28. The second-order valence-corrected chi connectivity index (χ2v) is 15.8. The van der Waals surface area contributed by atoms with E-state index >= 15 is 0 Å². The fourth-order valence-electron chi connectivity index (χ4n) is 9.10. The Labute approximate surface area is 302 Å². The number of hydrogen-bond donors (Lipinski definition) is 2. The predicted molar refractivity (Wildman–Crippen MR) is 200 cm³/mol. The summed E-state index contributed by atoms with van der Waals surface area (Å²) in [6.45, 7) is 8.94. The van der Waals surface area contributed by atoms with Crippen LogP contribution >= 0.6 is 0 Å². The monoisotopic (exact) mass is 695 g/mol. The molecule has 4 aliphatic rings. The number of ether oxygens (including phenoxy) is 1. The van der Waals surface area contributed by atoms with Gasteiger partial charge in [-0.05, 0) is 93.1 Å². The van der Waals surface area contributed by atoms with Gasteiger partial charge in [-0.25, -0.2) is 0 Å². The summed E-state index contributed by atoms with van der Waals surface area (Å²) in [6.07, 6.45) is 4.67. The van der Waals surface area contributed by atoms with Crippen LogP contribution in [0, 0.1) is 33.3 Å². The number of para-hydroxylation sites is 1. The Balaban J connectivity index is 1.21. The SMILES string of the molecule is COc1c(CN2CCC[C@@H]2C(=O)N[C@H]2C[C@@H]3C[C@H]([C@@H]2C)C3(C)C)cccc1-c1cc(C(=O)N[C@@H](Cc2ccccc2)CN(C)C)cc([N+](=O)[O-])c1. The van der Waals surface area contributed by atoms with Crippen molar-refractivity contribution in [2.24, 2.45) is 23.2 Å². The van der Waals surface area contributed by atoms with Crippen molar-refractivity contribution in [3.05, 3.63) is 93.5 Å². The molecule has 0 radical (unpaired) electrons. The number of likely N-dealkylation sites (N-methyl/N-ethyl adjacent to an activating group) is 1. The first-order valence-corrected chi connectivity index (χ1v) is 18.3. The average Bonchev–Trinajstić information content (AvgIpc) is 3.57. The van der Waals surface area contributed by atoms with E-state index < -0.39 is 4.92 Å². The van der Waals surface area contributed by atoms with Crippen molar-refractivity contribution >= 4 is 17.5 Å². The van der Waals surface area contributed by atoms with Gasteiger partial charge in [0.05, 0.1) is 18.1 Å². The van der Waals surface area contributed by atoms with E-state index in [2.05, 4.69) is 36.3 Å². The number of non-ortho nitro benzene ring substituents is 1. The first-order valence-electron chi connectivity index (χ1n) is 18.3. The molecule has 3 aliphatic carbocycles. The number of rotatable bonds is 13. The van der Waals surface area contributed by atoms with E-state index in [1.165, 1.54) is 18.6 Å². The molecular formula is C41H53N5O5. The Bertz CT molecular complexity index is 1740. The lowest BCUT2D eigenvalue weighted by Gasteiger charge is -2.62. The number of nitrogens with zero attached hydrogens (tertiary/aromatic N) is 3. The molecule has 0 spiro atoms. The average molecular weight is 696 g/mol. The van der Waals surface area contributed by atoms with E-state index in [1.807, 2.05) is 67.5 Å². The number of nitrogens with one attached hydrogen (secondary N) is 2. The van der Waals surface area contributed by atoms with Crippen molar-refractivity contribution in [1.29, 1.82) is 0 Å². The molecular weight excluding hydrogens is 642 g/mol. The maximum absolute atomic E-state index is 13.7. The molecule has 1 aliphatic heterocycles. The molecule has 1 saturated heterocycles. The summed E-state index contributed by atoms with van der Waals surface area (Å²) in [7, 11) is 5.49. The number of nitro groups is 1. The highest BCUT2D eigenvalue weighted by Crippen LogP contribution is 2.61. The number of carbonyl (C=O) groups is 2. The van der Waals surface area contributed by atoms with Crippen LogP contribution in [0.1, 0.15) is 67.9 Å². The number of carbonyl (C=O) groups excluding carboxylic acids is 2. The van der Waals surface area contributed by atoms with Gasteiger partial charge < -0.3 is 20.3 Å². The number of hydrogen-bond acceptors (Lipinski definition) is 7. The van der Waals surface area contributed by atoms with E-state index in [9.17, 15) is 19.7 Å². The molecule has 3 aromatic rings. The lowest BCUT2D eigenvalue weighted by molar-refractivity contribution is -0.384. The number of benzene rings is 3. The van der Waals surface area contributed by atoms with Crippen LogP contribution < -0.4 is 15.4 Å². The standard InChI is InChI=1S/C41H53N5O5/c1-26-35-22-31(41(35,2)3)23-36(26)43-40(48)37-16-11-17-45(37)24-28-14-10-15-34(38(28)51-6)29-19-30(21-33(20-29)46(49)50)39(47)42-32(25-44(4)5)18-27-12-8-7-9-13-27/h7-10,12-15,19-21,26,31-32,35-37H,11,16-18,22-25H2,1-6H3,(H,42,47)(H,43,48)/t26-,31-,32-,35+,36-,37+/m0/s1. The van der Waals surface area contributed by atoms with E-state index in [4.69, 9.17) is 4.74 Å². The second kappa shape index (κ2) is 15.1. The largest absolute Gasteiger partial charge is 0.496 e. The number of nitro benzene ring substituents is 1. The highest BCUT2D eigenvalue weighted by Gasteiger charge is 2.56. The third kappa shape index (κ3) is 7.82. The summed E-state index contributed by atoms with van der Waals surface area (Å²) >= 11 is 0. The van der Waals surface area contributed by atoms with Crippen LogP contribution in [0.4, 0.5) is 5.69 Å². The number of methoxy groups -OCH3 is 1. The molecule has 272 valence electrons. The molecule has 3 aromatic carbocycles. The molecule has 3 saturated carbocycles. The molecule has 2 bridgehead atoms. The zero-order valence-corrected chi connectivity index (χ0v) is 30.9. The van der Waals surface area contributed by atoms with Gasteiger partial charge in [0.25, 0.3) is 11.6 Å². The molecule has 0 aromatic heterocycles. The van der Waals surface area contributed by atoms with Crippen LogP contribution in [-0.2, 0) is 17.8 Å². The van der Waals surface area contributed by atoms with Gasteiger partial charge in [-0.2, -0.15) is 0 Å². The summed E-state index contributed by atoms with van der Waals surface area (Å²) in [5.74, 6) is 2.09. The van der Waals surface area contributed by atoms with Crippen molar-refractivity contribution in [2.45, 2.75) is 77.5 Å². The molecule has 10 nitrogen and oxygen atoms in total. The van der Waals surface area contributed by atoms with E-state index in [0.29, 0.717) is 59.6 Å². The first-order chi connectivity index (χ1) is 24.3. The molecule has 1 heterocycles. The highest BCUT2D eigenvalue weighted by molar-refractivity contribution is 5.97. The summed E-state index contributed by atoms with van der Waals surface area (Å²) in [4.78, 5) is 43.4. The molecule has 10 heteroatoms. The van der Waals surface area contributed by atoms with Crippen LogP contribution in [0.2, 0.25) is 0 Å². The van der Waals surface area contributed by atoms with Gasteiger partial charge in [0, 0.05) is 54.0 Å². The summed E-state index contributed by atoms with van der Waals surface area (Å²) < 4.78 is 5.98. The van der Waals surface area contributed by atoms with Gasteiger partial charge in [-0.15, -0.1) is 0 Å². The zero-order chi connectivity index (χ0) is 36.4.